The molecule has 0 radical (unpaired) electrons. The van der Waals surface area contributed by atoms with E-state index in [1.807, 2.05) is 0 Å². The fraction of sp³-hybridized carbons (Fsp3) is 0.562. The van der Waals surface area contributed by atoms with Crippen LogP contribution in [-0.2, 0) is 0 Å². The summed E-state index contributed by atoms with van der Waals surface area (Å²) < 4.78 is 0. The van der Waals surface area contributed by atoms with Gasteiger partial charge in [-0.25, -0.2) is 0 Å². The number of nitrogens with zero attached hydrogens (tertiary/aromatic N) is 4. The Bertz CT molecular complexity index is 492. The van der Waals surface area contributed by atoms with Gasteiger partial charge in [0, 0.05) is 44.5 Å². The Hall–Kier alpha value is -0.980. The first-order valence-electron chi connectivity index (χ1n) is 7.78. The highest BCUT2D eigenvalue weighted by molar-refractivity contribution is 14.0. The summed E-state index contributed by atoms with van der Waals surface area (Å²) in [5, 5.41) is 0. The maximum atomic E-state index is 4.75. The first-order chi connectivity index (χ1) is 9.92. The molecule has 0 unspecified atom stereocenters. The number of rotatable bonds is 2. The van der Waals surface area contributed by atoms with Gasteiger partial charge in [-0.1, -0.05) is 18.2 Å². The minimum Gasteiger partial charge on any atom is -0.368 e. The van der Waals surface area contributed by atoms with Crippen molar-refractivity contribution in [3.63, 3.8) is 0 Å². The molecule has 1 saturated heterocycles. The average Bonchev–Trinajstić information content (AvgIpc) is 3.25. The number of benzene rings is 1. The van der Waals surface area contributed by atoms with Gasteiger partial charge in [-0.15, -0.1) is 24.0 Å². The quantitative estimate of drug-likeness (QED) is 0.714. The van der Waals surface area contributed by atoms with Crippen LogP contribution in [0.15, 0.2) is 35.3 Å². The van der Waals surface area contributed by atoms with Crippen LogP contribution in [0.1, 0.15) is 12.8 Å². The standard InChI is InChI=1S/C16H22N4.HI/c1-2-4-14(5-3-1)18-10-12-19(13-11-18)16-17-8-9-20(16)15-6-7-15;/h1-5,15H,6-13H2;1H. The molecule has 3 aliphatic rings. The Morgan fingerprint density at radius 1 is 0.857 bits per heavy atom. The Labute approximate surface area is 143 Å². The maximum Gasteiger partial charge on any atom is 0.197 e. The van der Waals surface area contributed by atoms with E-state index in [4.69, 9.17) is 4.99 Å². The monoisotopic (exact) mass is 398 g/mol. The summed E-state index contributed by atoms with van der Waals surface area (Å²) in [6, 6.07) is 11.5. The molecule has 0 atom stereocenters. The van der Waals surface area contributed by atoms with Gasteiger partial charge in [-0.05, 0) is 25.0 Å². The zero-order valence-electron chi connectivity index (χ0n) is 12.3. The molecule has 0 amide bonds. The van der Waals surface area contributed by atoms with Gasteiger partial charge in [0.25, 0.3) is 0 Å². The lowest BCUT2D eigenvalue weighted by atomic mass is 10.2. The number of anilines is 1. The lowest BCUT2D eigenvalue weighted by molar-refractivity contribution is 0.318. The van der Waals surface area contributed by atoms with Gasteiger partial charge in [0.05, 0.1) is 6.54 Å². The van der Waals surface area contributed by atoms with E-state index in [0.29, 0.717) is 0 Å². The molecule has 2 aliphatic heterocycles. The van der Waals surface area contributed by atoms with E-state index in [-0.39, 0.29) is 24.0 Å². The number of halogens is 1. The summed E-state index contributed by atoms with van der Waals surface area (Å²) in [4.78, 5) is 12.3. The van der Waals surface area contributed by atoms with Gasteiger partial charge >= 0.3 is 0 Å². The van der Waals surface area contributed by atoms with Crippen LogP contribution >= 0.6 is 24.0 Å². The molecule has 21 heavy (non-hydrogen) atoms. The van der Waals surface area contributed by atoms with Crippen molar-refractivity contribution >= 4 is 35.6 Å². The van der Waals surface area contributed by atoms with Crippen LogP contribution in [0.2, 0.25) is 0 Å². The number of piperazine rings is 1. The fourth-order valence-corrected chi connectivity index (χ4v) is 3.27. The van der Waals surface area contributed by atoms with Crippen molar-refractivity contribution in [2.75, 3.05) is 44.2 Å². The lowest BCUT2D eigenvalue weighted by Crippen LogP contribution is -2.52. The molecule has 4 rings (SSSR count). The molecule has 2 heterocycles. The number of hydrogen-bond donors (Lipinski definition) is 0. The smallest absolute Gasteiger partial charge is 0.197 e. The third kappa shape index (κ3) is 3.12. The minimum absolute atomic E-state index is 0. The Kier molecular flexibility index (Phi) is 4.57. The first kappa shape index (κ1) is 14.9. The van der Waals surface area contributed by atoms with E-state index < -0.39 is 0 Å². The van der Waals surface area contributed by atoms with Crippen LogP contribution in [0.3, 0.4) is 0 Å². The number of hydrogen-bond acceptors (Lipinski definition) is 4. The number of guanidine groups is 1. The second kappa shape index (κ2) is 6.42. The predicted molar refractivity (Wildman–Crippen MR) is 97.7 cm³/mol. The van der Waals surface area contributed by atoms with E-state index in [1.165, 1.54) is 24.5 Å². The summed E-state index contributed by atoms with van der Waals surface area (Å²) >= 11 is 0. The fourth-order valence-electron chi connectivity index (χ4n) is 3.27. The molecule has 1 saturated carbocycles. The van der Waals surface area contributed by atoms with Gasteiger partial charge in [0.2, 0.25) is 0 Å². The molecule has 0 bridgehead atoms. The molecule has 0 aromatic heterocycles. The van der Waals surface area contributed by atoms with E-state index in [0.717, 1.165) is 45.3 Å². The lowest BCUT2D eigenvalue weighted by Gasteiger charge is -2.39. The summed E-state index contributed by atoms with van der Waals surface area (Å²) in [7, 11) is 0. The zero-order valence-corrected chi connectivity index (χ0v) is 14.6. The third-order valence-corrected chi connectivity index (χ3v) is 4.52. The Morgan fingerprint density at radius 2 is 1.52 bits per heavy atom. The SMILES string of the molecule is I.c1ccc(N2CCN(C3=NCCN3C3CC3)CC2)cc1. The van der Waals surface area contributed by atoms with Crippen molar-refractivity contribution < 1.29 is 0 Å². The predicted octanol–water partition coefficient (Wildman–Crippen LogP) is 2.26. The third-order valence-electron chi connectivity index (χ3n) is 4.52. The second-order valence-corrected chi connectivity index (χ2v) is 5.92. The van der Waals surface area contributed by atoms with Crippen molar-refractivity contribution in [2.24, 2.45) is 4.99 Å². The van der Waals surface area contributed by atoms with Gasteiger partial charge in [-0.2, -0.15) is 0 Å². The molecule has 0 N–H and O–H groups in total. The topological polar surface area (TPSA) is 22.1 Å². The molecule has 114 valence electrons. The van der Waals surface area contributed by atoms with Crippen LogP contribution in [0, 0.1) is 0 Å². The molecule has 1 aromatic rings. The molecule has 5 heteroatoms. The van der Waals surface area contributed by atoms with Gasteiger partial charge in [0.1, 0.15) is 0 Å². The molecule has 4 nitrogen and oxygen atoms in total. The molecule has 1 aliphatic carbocycles. The van der Waals surface area contributed by atoms with Crippen LogP contribution in [-0.4, -0.2) is 61.1 Å². The summed E-state index contributed by atoms with van der Waals surface area (Å²) in [5.41, 5.74) is 1.35. The van der Waals surface area contributed by atoms with E-state index in [2.05, 4.69) is 45.0 Å². The highest BCUT2D eigenvalue weighted by Crippen LogP contribution is 2.29. The molecular formula is C16H23IN4. The van der Waals surface area contributed by atoms with E-state index >= 15 is 0 Å². The van der Waals surface area contributed by atoms with Crippen LogP contribution in [0.25, 0.3) is 0 Å². The van der Waals surface area contributed by atoms with Gasteiger partial charge in [0.15, 0.2) is 5.96 Å². The molecular weight excluding hydrogens is 375 g/mol. The minimum atomic E-state index is 0. The van der Waals surface area contributed by atoms with Crippen molar-refractivity contribution in [3.05, 3.63) is 30.3 Å². The molecule has 0 spiro atoms. The molecule has 2 fully saturated rings. The Morgan fingerprint density at radius 3 is 2.19 bits per heavy atom. The van der Waals surface area contributed by atoms with Crippen molar-refractivity contribution in [1.29, 1.82) is 0 Å². The van der Waals surface area contributed by atoms with Crippen molar-refractivity contribution in [3.8, 4) is 0 Å². The van der Waals surface area contributed by atoms with Crippen molar-refractivity contribution in [2.45, 2.75) is 18.9 Å². The van der Waals surface area contributed by atoms with Crippen LogP contribution in [0.5, 0.6) is 0 Å². The van der Waals surface area contributed by atoms with Crippen LogP contribution in [0.4, 0.5) is 5.69 Å². The van der Waals surface area contributed by atoms with Gasteiger partial charge < -0.3 is 14.7 Å². The maximum absolute atomic E-state index is 4.75. The molecule has 1 aromatic carbocycles. The first-order valence-corrected chi connectivity index (χ1v) is 7.78. The van der Waals surface area contributed by atoms with Gasteiger partial charge in [-0.3, -0.25) is 4.99 Å². The Balaban J connectivity index is 0.00000132. The number of para-hydroxylation sites is 1. The zero-order chi connectivity index (χ0) is 13.4. The largest absolute Gasteiger partial charge is 0.368 e. The highest BCUT2D eigenvalue weighted by atomic mass is 127. The average molecular weight is 398 g/mol. The summed E-state index contributed by atoms with van der Waals surface area (Å²) in [6.07, 6.45) is 2.73. The van der Waals surface area contributed by atoms with Crippen molar-refractivity contribution in [1.82, 2.24) is 9.80 Å². The van der Waals surface area contributed by atoms with E-state index in [1.54, 1.807) is 0 Å². The van der Waals surface area contributed by atoms with Crippen LogP contribution < -0.4 is 4.90 Å². The normalized spacial score (nSPS) is 22.1. The number of aliphatic imine (C=N–C) groups is 1. The second-order valence-electron chi connectivity index (χ2n) is 5.92. The van der Waals surface area contributed by atoms with E-state index in [9.17, 15) is 0 Å². The summed E-state index contributed by atoms with van der Waals surface area (Å²) in [6.45, 7) is 6.51. The summed E-state index contributed by atoms with van der Waals surface area (Å²) in [5.74, 6) is 1.28. The highest BCUT2D eigenvalue weighted by Gasteiger charge is 2.36.